The largest absolute Gasteiger partial charge is 0.385 e. The van der Waals surface area contributed by atoms with E-state index in [1.165, 1.54) is 0 Å². The first kappa shape index (κ1) is 15.4. The Morgan fingerprint density at radius 1 is 1.30 bits per heavy atom. The predicted molar refractivity (Wildman–Crippen MR) is 82.3 cm³/mol. The van der Waals surface area contributed by atoms with Crippen LogP contribution >= 0.6 is 23.2 Å². The summed E-state index contributed by atoms with van der Waals surface area (Å²) < 4.78 is 1.73. The second kappa shape index (κ2) is 5.76. The molecule has 2 aromatic rings. The fourth-order valence-corrected chi connectivity index (χ4v) is 3.03. The summed E-state index contributed by atoms with van der Waals surface area (Å²) in [7, 11) is 1.84. The maximum absolute atomic E-state index is 10.8. The average molecular weight is 313 g/mol. The van der Waals surface area contributed by atoms with Gasteiger partial charge in [-0.25, -0.2) is 0 Å². The molecule has 1 heterocycles. The highest BCUT2D eigenvalue weighted by molar-refractivity contribution is 6.32. The van der Waals surface area contributed by atoms with Gasteiger partial charge in [0.1, 0.15) is 0 Å². The minimum atomic E-state index is -1.10. The second-order valence-electron chi connectivity index (χ2n) is 5.12. The van der Waals surface area contributed by atoms with Crippen LogP contribution in [0.25, 0.3) is 0 Å². The lowest BCUT2D eigenvalue weighted by molar-refractivity contribution is 0.0557. The van der Waals surface area contributed by atoms with Crippen molar-refractivity contribution in [3.63, 3.8) is 0 Å². The Hall–Kier alpha value is -1.03. The van der Waals surface area contributed by atoms with E-state index in [2.05, 4.69) is 5.10 Å². The number of nitrogens with zero attached hydrogens (tertiary/aromatic N) is 2. The molecule has 2 rings (SSSR count). The van der Waals surface area contributed by atoms with Crippen molar-refractivity contribution in [1.82, 2.24) is 9.78 Å². The molecule has 0 saturated heterocycles. The predicted octanol–water partition coefficient (Wildman–Crippen LogP) is 3.74. The van der Waals surface area contributed by atoms with Crippen LogP contribution in [0.15, 0.2) is 24.3 Å². The normalized spacial score (nSPS) is 14.3. The van der Waals surface area contributed by atoms with Gasteiger partial charge in [0.15, 0.2) is 0 Å². The Morgan fingerprint density at radius 3 is 2.50 bits per heavy atom. The molecule has 0 aliphatic carbocycles. The quantitative estimate of drug-likeness (QED) is 0.934. The number of hydrogen-bond acceptors (Lipinski definition) is 2. The highest BCUT2D eigenvalue weighted by Crippen LogP contribution is 2.33. The van der Waals surface area contributed by atoms with Crippen molar-refractivity contribution in [2.24, 2.45) is 7.05 Å². The van der Waals surface area contributed by atoms with Crippen molar-refractivity contribution in [3.05, 3.63) is 51.3 Å². The van der Waals surface area contributed by atoms with E-state index in [1.807, 2.05) is 32.2 Å². The van der Waals surface area contributed by atoms with Gasteiger partial charge in [-0.2, -0.15) is 5.10 Å². The number of hydrogen-bond donors (Lipinski definition) is 1. The van der Waals surface area contributed by atoms with E-state index in [9.17, 15) is 5.11 Å². The first-order valence-electron chi connectivity index (χ1n) is 6.54. The third kappa shape index (κ3) is 2.85. The van der Waals surface area contributed by atoms with Crippen LogP contribution in [0.5, 0.6) is 0 Å². The van der Waals surface area contributed by atoms with E-state index in [0.29, 0.717) is 22.0 Å². The van der Waals surface area contributed by atoms with Crippen LogP contribution in [0.3, 0.4) is 0 Å². The Labute approximate surface area is 129 Å². The van der Waals surface area contributed by atoms with Crippen molar-refractivity contribution < 1.29 is 5.11 Å². The van der Waals surface area contributed by atoms with E-state index in [-0.39, 0.29) is 0 Å². The summed E-state index contributed by atoms with van der Waals surface area (Å²) in [4.78, 5) is 0. The SMILES string of the molecule is CCc1nn(C)c(CC(C)(O)c2ccccc2Cl)c1Cl. The lowest BCUT2D eigenvalue weighted by Gasteiger charge is -2.25. The molecule has 20 heavy (non-hydrogen) atoms. The summed E-state index contributed by atoms with van der Waals surface area (Å²) in [5.74, 6) is 0. The topological polar surface area (TPSA) is 38.0 Å². The van der Waals surface area contributed by atoms with E-state index in [0.717, 1.165) is 17.8 Å². The van der Waals surface area contributed by atoms with Crippen LogP contribution in [0.4, 0.5) is 0 Å². The molecule has 0 aliphatic rings. The lowest BCUT2D eigenvalue weighted by Crippen LogP contribution is -2.26. The van der Waals surface area contributed by atoms with Crippen LogP contribution < -0.4 is 0 Å². The smallest absolute Gasteiger partial charge is 0.0938 e. The maximum atomic E-state index is 10.8. The highest BCUT2D eigenvalue weighted by atomic mass is 35.5. The van der Waals surface area contributed by atoms with Crippen LogP contribution in [0, 0.1) is 0 Å². The van der Waals surface area contributed by atoms with Crippen molar-refractivity contribution in [2.75, 3.05) is 0 Å². The highest BCUT2D eigenvalue weighted by Gasteiger charge is 2.29. The molecule has 0 spiro atoms. The van der Waals surface area contributed by atoms with Gasteiger partial charge in [-0.1, -0.05) is 48.3 Å². The fraction of sp³-hybridized carbons (Fsp3) is 0.400. The molecular weight excluding hydrogens is 295 g/mol. The Kier molecular flexibility index (Phi) is 4.43. The summed E-state index contributed by atoms with van der Waals surface area (Å²) in [6.07, 6.45) is 1.12. The van der Waals surface area contributed by atoms with Gasteiger partial charge in [0.05, 0.1) is 22.0 Å². The van der Waals surface area contributed by atoms with Crippen molar-refractivity contribution in [1.29, 1.82) is 0 Å². The molecule has 5 heteroatoms. The van der Waals surface area contributed by atoms with Crippen molar-refractivity contribution >= 4 is 23.2 Å². The Balaban J connectivity index is 2.38. The van der Waals surface area contributed by atoms with Gasteiger partial charge in [-0.05, 0) is 19.4 Å². The summed E-state index contributed by atoms with van der Waals surface area (Å²) in [5.41, 5.74) is 1.25. The summed E-state index contributed by atoms with van der Waals surface area (Å²) >= 11 is 12.5. The van der Waals surface area contributed by atoms with E-state index in [1.54, 1.807) is 17.7 Å². The first-order valence-corrected chi connectivity index (χ1v) is 7.30. The molecular formula is C15H18Cl2N2O. The van der Waals surface area contributed by atoms with Gasteiger partial charge in [0.25, 0.3) is 0 Å². The van der Waals surface area contributed by atoms with Crippen molar-refractivity contribution in [2.45, 2.75) is 32.3 Å². The van der Waals surface area contributed by atoms with Gasteiger partial charge >= 0.3 is 0 Å². The zero-order valence-electron chi connectivity index (χ0n) is 11.8. The minimum Gasteiger partial charge on any atom is -0.385 e. The molecule has 0 saturated carbocycles. The second-order valence-corrected chi connectivity index (χ2v) is 5.90. The van der Waals surface area contributed by atoms with Crippen LogP contribution in [0.2, 0.25) is 10.0 Å². The molecule has 1 unspecified atom stereocenters. The number of halogens is 2. The van der Waals surface area contributed by atoms with Crippen LogP contribution in [-0.2, 0) is 25.5 Å². The lowest BCUT2D eigenvalue weighted by atomic mass is 9.91. The molecule has 1 atom stereocenters. The fourth-order valence-electron chi connectivity index (χ4n) is 2.33. The zero-order valence-corrected chi connectivity index (χ0v) is 13.3. The maximum Gasteiger partial charge on any atom is 0.0938 e. The zero-order chi connectivity index (χ0) is 14.9. The summed E-state index contributed by atoms with van der Waals surface area (Å²) in [6.45, 7) is 3.74. The molecule has 0 fully saturated rings. The molecule has 1 N–H and O–H groups in total. The Bertz CT molecular complexity index is 620. The molecule has 0 bridgehead atoms. The Morgan fingerprint density at radius 2 is 1.95 bits per heavy atom. The molecule has 0 amide bonds. The van der Waals surface area contributed by atoms with Gasteiger partial charge in [0, 0.05) is 24.1 Å². The molecule has 108 valence electrons. The summed E-state index contributed by atoms with van der Waals surface area (Å²) in [6, 6.07) is 7.30. The average Bonchev–Trinajstić information content (AvgIpc) is 2.66. The van der Waals surface area contributed by atoms with Gasteiger partial charge < -0.3 is 5.11 Å². The van der Waals surface area contributed by atoms with Gasteiger partial charge in [-0.3, -0.25) is 4.68 Å². The van der Waals surface area contributed by atoms with E-state index >= 15 is 0 Å². The van der Waals surface area contributed by atoms with Crippen LogP contribution in [0.1, 0.15) is 30.8 Å². The molecule has 3 nitrogen and oxygen atoms in total. The number of aromatic nitrogens is 2. The number of benzene rings is 1. The standard InChI is InChI=1S/C15H18Cl2N2O/c1-4-12-14(17)13(19(3)18-12)9-15(2,20)10-7-5-6-8-11(10)16/h5-8,20H,4,9H2,1-3H3. The third-order valence-electron chi connectivity index (χ3n) is 3.47. The summed E-state index contributed by atoms with van der Waals surface area (Å²) in [5, 5.41) is 16.3. The molecule has 0 radical (unpaired) electrons. The number of aliphatic hydroxyl groups is 1. The number of rotatable bonds is 4. The van der Waals surface area contributed by atoms with E-state index < -0.39 is 5.60 Å². The molecule has 1 aromatic carbocycles. The number of aryl methyl sites for hydroxylation is 2. The minimum absolute atomic E-state index is 0.360. The first-order chi connectivity index (χ1) is 9.36. The van der Waals surface area contributed by atoms with Crippen molar-refractivity contribution in [3.8, 4) is 0 Å². The third-order valence-corrected chi connectivity index (χ3v) is 4.23. The van der Waals surface area contributed by atoms with Gasteiger partial charge in [-0.15, -0.1) is 0 Å². The molecule has 1 aromatic heterocycles. The van der Waals surface area contributed by atoms with Gasteiger partial charge in [0.2, 0.25) is 0 Å². The van der Waals surface area contributed by atoms with E-state index in [4.69, 9.17) is 23.2 Å². The van der Waals surface area contributed by atoms with Crippen LogP contribution in [-0.4, -0.2) is 14.9 Å². The molecule has 0 aliphatic heterocycles. The monoisotopic (exact) mass is 312 g/mol.